The number of fused-ring (bicyclic) bond motifs is 1. The van der Waals surface area contributed by atoms with Crippen LogP contribution in [0.15, 0.2) is 18.3 Å². The molecule has 3 rings (SSSR count). The number of nitrogens with zero attached hydrogens (tertiary/aromatic N) is 3. The van der Waals surface area contributed by atoms with Crippen LogP contribution in [0.1, 0.15) is 25.1 Å². The van der Waals surface area contributed by atoms with E-state index in [4.69, 9.17) is 5.73 Å². The normalized spacial score (nSPS) is 16.5. The molecule has 3 N–H and O–H groups in total. The number of pyridine rings is 1. The molecule has 1 fully saturated rings. The van der Waals surface area contributed by atoms with Crippen LogP contribution in [-0.2, 0) is 6.54 Å². The molecule has 0 aromatic carbocycles. The first-order chi connectivity index (χ1) is 7.83. The molecule has 0 unspecified atom stereocenters. The molecule has 0 amide bonds. The fraction of sp³-hybridized carbons (Fsp3) is 0.455. The fourth-order valence-corrected chi connectivity index (χ4v) is 1.92. The third kappa shape index (κ3) is 1.63. The number of nitrogen functional groups attached to an aromatic ring is 1. The topological polar surface area (TPSA) is 68.2 Å². The second kappa shape index (κ2) is 3.75. The van der Waals surface area contributed by atoms with Crippen LogP contribution >= 0.6 is 0 Å². The Morgan fingerprint density at radius 1 is 1.38 bits per heavy atom. The summed E-state index contributed by atoms with van der Waals surface area (Å²) < 4.78 is 1.95. The minimum Gasteiger partial charge on any atom is -0.398 e. The van der Waals surface area contributed by atoms with E-state index in [2.05, 4.69) is 15.5 Å². The summed E-state index contributed by atoms with van der Waals surface area (Å²) in [5, 5.41) is 11.7. The van der Waals surface area contributed by atoms with Crippen LogP contribution in [0.25, 0.3) is 5.65 Å². The molecular weight excluding hydrogens is 202 g/mol. The summed E-state index contributed by atoms with van der Waals surface area (Å²) in [5.41, 5.74) is 7.33. The molecule has 0 atom stereocenters. The van der Waals surface area contributed by atoms with Gasteiger partial charge in [0.25, 0.3) is 0 Å². The fourth-order valence-electron chi connectivity index (χ4n) is 1.92. The van der Waals surface area contributed by atoms with Crippen molar-refractivity contribution in [3.8, 4) is 0 Å². The Kier molecular flexibility index (Phi) is 2.25. The Labute approximate surface area is 93.7 Å². The van der Waals surface area contributed by atoms with E-state index in [1.807, 2.05) is 22.7 Å². The summed E-state index contributed by atoms with van der Waals surface area (Å²) in [5.74, 6) is 0.925. The summed E-state index contributed by atoms with van der Waals surface area (Å²) in [7, 11) is 0. The van der Waals surface area contributed by atoms with Crippen molar-refractivity contribution in [3.63, 3.8) is 0 Å². The van der Waals surface area contributed by atoms with Gasteiger partial charge in [-0.3, -0.25) is 4.40 Å². The molecule has 16 heavy (non-hydrogen) atoms. The highest BCUT2D eigenvalue weighted by Crippen LogP contribution is 2.18. The Balaban J connectivity index is 1.82. The van der Waals surface area contributed by atoms with Crippen molar-refractivity contribution in [3.05, 3.63) is 24.2 Å². The minimum atomic E-state index is 0.661. The van der Waals surface area contributed by atoms with Gasteiger partial charge in [0.1, 0.15) is 0 Å². The lowest BCUT2D eigenvalue weighted by molar-refractivity contribution is 0.335. The Bertz CT molecular complexity index is 500. The van der Waals surface area contributed by atoms with Crippen LogP contribution in [-0.4, -0.2) is 20.6 Å². The monoisotopic (exact) mass is 217 g/mol. The third-order valence-electron chi connectivity index (χ3n) is 3.15. The van der Waals surface area contributed by atoms with Gasteiger partial charge in [0.2, 0.25) is 0 Å². The Morgan fingerprint density at radius 2 is 2.25 bits per heavy atom. The smallest absolute Gasteiger partial charge is 0.160 e. The van der Waals surface area contributed by atoms with E-state index in [-0.39, 0.29) is 0 Å². The van der Waals surface area contributed by atoms with Crippen molar-refractivity contribution in [2.75, 3.05) is 5.73 Å². The van der Waals surface area contributed by atoms with Crippen molar-refractivity contribution in [2.45, 2.75) is 31.8 Å². The van der Waals surface area contributed by atoms with Crippen LogP contribution in [0.2, 0.25) is 0 Å². The summed E-state index contributed by atoms with van der Waals surface area (Å²) in [6, 6.07) is 4.39. The van der Waals surface area contributed by atoms with Crippen molar-refractivity contribution < 1.29 is 0 Å². The first kappa shape index (κ1) is 9.59. The van der Waals surface area contributed by atoms with E-state index in [1.54, 1.807) is 0 Å². The first-order valence-electron chi connectivity index (χ1n) is 5.65. The number of anilines is 1. The number of nitrogens with two attached hydrogens (primary N) is 1. The summed E-state index contributed by atoms with van der Waals surface area (Å²) in [6.45, 7) is 0.759. The van der Waals surface area contributed by atoms with Crippen molar-refractivity contribution >= 4 is 11.3 Å². The molecule has 5 nitrogen and oxygen atoms in total. The molecule has 84 valence electrons. The Hall–Kier alpha value is -1.62. The minimum absolute atomic E-state index is 0.661. The summed E-state index contributed by atoms with van der Waals surface area (Å²) >= 11 is 0. The first-order valence-corrected chi connectivity index (χ1v) is 5.65. The highest BCUT2D eigenvalue weighted by molar-refractivity contribution is 5.47. The SMILES string of the molecule is Nc1ccc2nnc(CNC3CCC3)n2c1. The maximum atomic E-state index is 5.75. The predicted octanol–water partition coefficient (Wildman–Crippen LogP) is 0.954. The van der Waals surface area contributed by atoms with E-state index >= 15 is 0 Å². The molecule has 0 saturated heterocycles. The van der Waals surface area contributed by atoms with E-state index < -0.39 is 0 Å². The molecule has 2 aromatic rings. The van der Waals surface area contributed by atoms with Gasteiger partial charge >= 0.3 is 0 Å². The Morgan fingerprint density at radius 3 is 3.00 bits per heavy atom. The molecule has 5 heteroatoms. The number of hydrogen-bond donors (Lipinski definition) is 2. The molecule has 0 radical (unpaired) electrons. The molecule has 1 aliphatic rings. The van der Waals surface area contributed by atoms with Gasteiger partial charge in [-0.25, -0.2) is 0 Å². The van der Waals surface area contributed by atoms with Crippen LogP contribution in [0, 0.1) is 0 Å². The van der Waals surface area contributed by atoms with Crippen LogP contribution in [0.4, 0.5) is 5.69 Å². The van der Waals surface area contributed by atoms with Crippen molar-refractivity contribution in [1.82, 2.24) is 19.9 Å². The van der Waals surface area contributed by atoms with Crippen molar-refractivity contribution in [1.29, 1.82) is 0 Å². The van der Waals surface area contributed by atoms with Gasteiger partial charge in [-0.2, -0.15) is 0 Å². The molecule has 1 saturated carbocycles. The van der Waals surface area contributed by atoms with Crippen molar-refractivity contribution in [2.24, 2.45) is 0 Å². The zero-order valence-corrected chi connectivity index (χ0v) is 9.06. The largest absolute Gasteiger partial charge is 0.398 e. The highest BCUT2D eigenvalue weighted by Gasteiger charge is 2.17. The average Bonchev–Trinajstić information content (AvgIpc) is 2.59. The van der Waals surface area contributed by atoms with E-state index in [1.165, 1.54) is 19.3 Å². The molecular formula is C11H15N5. The lowest BCUT2D eigenvalue weighted by atomic mass is 9.93. The van der Waals surface area contributed by atoms with E-state index in [9.17, 15) is 0 Å². The molecule has 0 aliphatic heterocycles. The number of nitrogens with one attached hydrogen (secondary N) is 1. The van der Waals surface area contributed by atoms with Crippen LogP contribution < -0.4 is 11.1 Å². The van der Waals surface area contributed by atoms with Gasteiger partial charge in [-0.1, -0.05) is 6.42 Å². The number of aromatic nitrogens is 3. The predicted molar refractivity (Wildman–Crippen MR) is 61.9 cm³/mol. The van der Waals surface area contributed by atoms with Gasteiger partial charge < -0.3 is 11.1 Å². The molecule has 2 heterocycles. The maximum Gasteiger partial charge on any atom is 0.160 e. The molecule has 0 spiro atoms. The lowest BCUT2D eigenvalue weighted by Crippen LogP contribution is -2.35. The van der Waals surface area contributed by atoms with Crippen LogP contribution in [0.5, 0.6) is 0 Å². The van der Waals surface area contributed by atoms with Gasteiger partial charge in [-0.15, -0.1) is 10.2 Å². The quantitative estimate of drug-likeness (QED) is 0.803. The zero-order chi connectivity index (χ0) is 11.0. The lowest BCUT2D eigenvalue weighted by Gasteiger charge is -2.26. The summed E-state index contributed by atoms with van der Waals surface area (Å²) in [6.07, 6.45) is 5.76. The van der Waals surface area contributed by atoms with E-state index in [0.29, 0.717) is 6.04 Å². The maximum absolute atomic E-state index is 5.75. The van der Waals surface area contributed by atoms with Gasteiger partial charge in [0.05, 0.1) is 6.54 Å². The molecule has 2 aromatic heterocycles. The standard InChI is InChI=1S/C11H15N5/c12-8-4-5-10-14-15-11(16(10)7-8)6-13-9-2-1-3-9/h4-5,7,9,13H,1-3,6,12H2. The number of hydrogen-bond acceptors (Lipinski definition) is 4. The van der Waals surface area contributed by atoms with E-state index in [0.717, 1.165) is 23.7 Å². The van der Waals surface area contributed by atoms with Gasteiger partial charge in [0.15, 0.2) is 11.5 Å². The van der Waals surface area contributed by atoms with Gasteiger partial charge in [-0.05, 0) is 25.0 Å². The zero-order valence-electron chi connectivity index (χ0n) is 9.06. The second-order valence-electron chi connectivity index (χ2n) is 4.32. The second-order valence-corrected chi connectivity index (χ2v) is 4.32. The van der Waals surface area contributed by atoms with Crippen LogP contribution in [0.3, 0.4) is 0 Å². The molecule has 0 bridgehead atoms. The van der Waals surface area contributed by atoms with Gasteiger partial charge in [0, 0.05) is 17.9 Å². The number of rotatable bonds is 3. The summed E-state index contributed by atoms with van der Waals surface area (Å²) in [4.78, 5) is 0. The third-order valence-corrected chi connectivity index (χ3v) is 3.15. The highest BCUT2D eigenvalue weighted by atomic mass is 15.3. The average molecular weight is 217 g/mol. The molecule has 1 aliphatic carbocycles.